The molecule has 1 aromatic rings. The number of non-ortho nitro benzene ring substituents is 1. The summed E-state index contributed by atoms with van der Waals surface area (Å²) in [5, 5.41) is 14.0. The van der Waals surface area contributed by atoms with Gasteiger partial charge in [-0.15, -0.1) is 0 Å². The Morgan fingerprint density at radius 3 is 2.67 bits per heavy atom. The molecule has 0 saturated carbocycles. The summed E-state index contributed by atoms with van der Waals surface area (Å²) in [6.07, 6.45) is 2.05. The summed E-state index contributed by atoms with van der Waals surface area (Å²) in [6.45, 7) is 2.63. The van der Waals surface area contributed by atoms with Crippen molar-refractivity contribution in [1.82, 2.24) is 5.32 Å². The van der Waals surface area contributed by atoms with E-state index < -0.39 is 10.8 Å². The lowest BCUT2D eigenvalue weighted by Crippen LogP contribution is -2.37. The van der Waals surface area contributed by atoms with Crippen molar-refractivity contribution in [2.24, 2.45) is 11.7 Å². The predicted molar refractivity (Wildman–Crippen MR) is 80.5 cm³/mol. The Balaban J connectivity index is 2.20. The second kappa shape index (κ2) is 6.53. The monoisotopic (exact) mass is 292 g/mol. The highest BCUT2D eigenvalue weighted by Crippen LogP contribution is 2.29. The van der Waals surface area contributed by atoms with Crippen molar-refractivity contribution in [1.29, 1.82) is 0 Å². The number of nitro benzene ring substituents is 1. The first-order valence-corrected chi connectivity index (χ1v) is 7.00. The van der Waals surface area contributed by atoms with Gasteiger partial charge in [-0.1, -0.05) is 0 Å². The number of nitrogens with one attached hydrogen (secondary N) is 1. The summed E-state index contributed by atoms with van der Waals surface area (Å²) in [4.78, 5) is 23.9. The van der Waals surface area contributed by atoms with E-state index in [1.54, 1.807) is 6.07 Å². The number of nitrogens with two attached hydrogens (primary N) is 1. The van der Waals surface area contributed by atoms with Crippen LogP contribution in [-0.2, 0) is 0 Å². The van der Waals surface area contributed by atoms with E-state index in [9.17, 15) is 14.9 Å². The fraction of sp³-hybridized carbons (Fsp3) is 0.500. The van der Waals surface area contributed by atoms with Crippen LogP contribution in [0.2, 0.25) is 0 Å². The van der Waals surface area contributed by atoms with E-state index in [4.69, 9.17) is 5.73 Å². The highest BCUT2D eigenvalue weighted by atomic mass is 16.6. The van der Waals surface area contributed by atoms with Crippen LogP contribution >= 0.6 is 0 Å². The van der Waals surface area contributed by atoms with Gasteiger partial charge in [-0.3, -0.25) is 14.9 Å². The van der Waals surface area contributed by atoms with Gasteiger partial charge in [-0.2, -0.15) is 0 Å². The Kier molecular flexibility index (Phi) is 4.74. The molecule has 1 amide bonds. The molecule has 0 radical (unpaired) electrons. The Morgan fingerprint density at radius 1 is 1.48 bits per heavy atom. The minimum atomic E-state index is -0.633. The maximum Gasteiger partial charge on any atom is 0.270 e. The minimum absolute atomic E-state index is 0.113. The third-order valence-corrected chi connectivity index (χ3v) is 3.90. The molecule has 7 heteroatoms. The fourth-order valence-electron chi connectivity index (χ4n) is 2.78. The molecule has 0 aliphatic carbocycles. The molecule has 1 heterocycles. The van der Waals surface area contributed by atoms with Crippen LogP contribution in [0, 0.1) is 16.0 Å². The Labute approximate surface area is 123 Å². The Morgan fingerprint density at radius 2 is 2.14 bits per heavy atom. The molecular formula is C14H20N4O3. The van der Waals surface area contributed by atoms with E-state index in [0.29, 0.717) is 11.6 Å². The summed E-state index contributed by atoms with van der Waals surface area (Å²) in [5.41, 5.74) is 6.16. The number of anilines is 1. The van der Waals surface area contributed by atoms with Gasteiger partial charge in [0.1, 0.15) is 0 Å². The highest BCUT2D eigenvalue weighted by molar-refractivity contribution is 5.99. The van der Waals surface area contributed by atoms with Gasteiger partial charge >= 0.3 is 0 Å². The molecule has 1 saturated heterocycles. The predicted octanol–water partition coefficient (Wildman–Crippen LogP) is 1.13. The molecule has 2 rings (SSSR count). The zero-order chi connectivity index (χ0) is 15.4. The maximum absolute atomic E-state index is 11.6. The number of nitro groups is 1. The number of amides is 1. The Hall–Kier alpha value is -2.15. The van der Waals surface area contributed by atoms with Gasteiger partial charge in [0.15, 0.2) is 0 Å². The van der Waals surface area contributed by atoms with E-state index in [1.807, 2.05) is 7.05 Å². The molecule has 114 valence electrons. The number of benzene rings is 1. The Bertz CT molecular complexity index is 539. The lowest BCUT2D eigenvalue weighted by molar-refractivity contribution is -0.384. The maximum atomic E-state index is 11.6. The molecule has 1 fully saturated rings. The highest BCUT2D eigenvalue weighted by Gasteiger charge is 2.23. The van der Waals surface area contributed by atoms with Crippen LogP contribution in [0.1, 0.15) is 23.2 Å². The molecular weight excluding hydrogens is 272 g/mol. The van der Waals surface area contributed by atoms with Crippen molar-refractivity contribution < 1.29 is 9.72 Å². The van der Waals surface area contributed by atoms with E-state index in [-0.39, 0.29) is 11.3 Å². The van der Waals surface area contributed by atoms with Crippen molar-refractivity contribution in [2.45, 2.75) is 12.8 Å². The van der Waals surface area contributed by atoms with Crippen LogP contribution < -0.4 is 16.0 Å². The number of nitrogens with zero attached hydrogens (tertiary/aromatic N) is 2. The summed E-state index contributed by atoms with van der Waals surface area (Å²) in [6, 6.07) is 4.30. The number of piperidine rings is 1. The summed E-state index contributed by atoms with van der Waals surface area (Å²) in [5.74, 6) is -0.00706. The molecule has 0 bridgehead atoms. The quantitative estimate of drug-likeness (QED) is 0.625. The summed E-state index contributed by atoms with van der Waals surface area (Å²) < 4.78 is 0. The van der Waals surface area contributed by atoms with E-state index >= 15 is 0 Å². The molecule has 1 aliphatic rings. The molecule has 1 aromatic carbocycles. The number of hydrogen-bond donors (Lipinski definition) is 2. The van der Waals surface area contributed by atoms with E-state index in [0.717, 1.165) is 32.5 Å². The van der Waals surface area contributed by atoms with Crippen molar-refractivity contribution in [2.75, 3.05) is 31.6 Å². The lowest BCUT2D eigenvalue weighted by atomic mass is 9.95. The average molecular weight is 292 g/mol. The SMILES string of the molecule is CNCC1CCN(c2ccc([N+](=O)[O-])cc2C(N)=O)CC1. The lowest BCUT2D eigenvalue weighted by Gasteiger charge is -2.34. The van der Waals surface area contributed by atoms with Crippen molar-refractivity contribution in [3.05, 3.63) is 33.9 Å². The van der Waals surface area contributed by atoms with Crippen molar-refractivity contribution in [3.63, 3.8) is 0 Å². The molecule has 0 unspecified atom stereocenters. The molecule has 3 N–H and O–H groups in total. The second-order valence-electron chi connectivity index (χ2n) is 5.31. The fourth-order valence-corrected chi connectivity index (χ4v) is 2.78. The van der Waals surface area contributed by atoms with Gasteiger partial charge in [0.2, 0.25) is 0 Å². The molecule has 1 aliphatic heterocycles. The van der Waals surface area contributed by atoms with E-state index in [1.165, 1.54) is 12.1 Å². The van der Waals surface area contributed by atoms with Crippen LogP contribution in [0.15, 0.2) is 18.2 Å². The molecule has 7 nitrogen and oxygen atoms in total. The number of carbonyl (C=O) groups is 1. The first kappa shape index (κ1) is 15.2. The molecule has 0 aromatic heterocycles. The number of primary amides is 1. The van der Waals surface area contributed by atoms with Crippen LogP contribution in [0.25, 0.3) is 0 Å². The number of rotatable bonds is 5. The van der Waals surface area contributed by atoms with Crippen LogP contribution in [0.3, 0.4) is 0 Å². The number of hydrogen-bond acceptors (Lipinski definition) is 5. The van der Waals surface area contributed by atoms with Gasteiger partial charge in [-0.25, -0.2) is 0 Å². The first-order valence-electron chi connectivity index (χ1n) is 7.00. The zero-order valence-electron chi connectivity index (χ0n) is 12.0. The summed E-state index contributed by atoms with van der Waals surface area (Å²) in [7, 11) is 1.94. The largest absolute Gasteiger partial charge is 0.371 e. The standard InChI is InChI=1S/C14H20N4O3/c1-16-9-10-4-6-17(7-5-10)13-3-2-11(18(20)21)8-12(13)14(15)19/h2-3,8,10,16H,4-7,9H2,1H3,(H2,15,19). The van der Waals surface area contributed by atoms with Gasteiger partial charge in [0.05, 0.1) is 16.2 Å². The van der Waals surface area contributed by atoms with E-state index in [2.05, 4.69) is 10.2 Å². The van der Waals surface area contributed by atoms with Crippen molar-refractivity contribution in [3.8, 4) is 0 Å². The smallest absolute Gasteiger partial charge is 0.270 e. The van der Waals surface area contributed by atoms with Crippen molar-refractivity contribution >= 4 is 17.3 Å². The molecule has 0 spiro atoms. The van der Waals surface area contributed by atoms with Crippen LogP contribution in [0.5, 0.6) is 0 Å². The van der Waals surface area contributed by atoms with Gasteiger partial charge in [0.25, 0.3) is 11.6 Å². The topological polar surface area (TPSA) is 102 Å². The third-order valence-electron chi connectivity index (χ3n) is 3.90. The van der Waals surface area contributed by atoms with Gasteiger partial charge in [0, 0.05) is 25.2 Å². The minimum Gasteiger partial charge on any atom is -0.371 e. The van der Waals surface area contributed by atoms with Gasteiger partial charge in [-0.05, 0) is 38.4 Å². The molecule has 0 atom stereocenters. The van der Waals surface area contributed by atoms with Crippen LogP contribution in [0.4, 0.5) is 11.4 Å². The zero-order valence-corrected chi connectivity index (χ0v) is 12.0. The third kappa shape index (κ3) is 3.49. The first-order chi connectivity index (χ1) is 10.0. The average Bonchev–Trinajstić information content (AvgIpc) is 2.47. The van der Waals surface area contributed by atoms with Crippen LogP contribution in [-0.4, -0.2) is 37.5 Å². The van der Waals surface area contributed by atoms with Gasteiger partial charge < -0.3 is 16.0 Å². The normalized spacial score (nSPS) is 16.0. The summed E-state index contributed by atoms with van der Waals surface area (Å²) >= 11 is 0. The molecule has 21 heavy (non-hydrogen) atoms. The number of carbonyl (C=O) groups excluding carboxylic acids is 1. The second-order valence-corrected chi connectivity index (χ2v) is 5.31.